The van der Waals surface area contributed by atoms with Crippen molar-refractivity contribution in [1.82, 2.24) is 0 Å². The highest BCUT2D eigenvalue weighted by Gasteiger charge is 1.89. The number of nitriles is 1. The van der Waals surface area contributed by atoms with E-state index >= 15 is 0 Å². The van der Waals surface area contributed by atoms with Gasteiger partial charge in [-0.25, -0.2) is 0 Å². The third kappa shape index (κ3) is 5.29. The molecule has 0 heterocycles. The van der Waals surface area contributed by atoms with Gasteiger partial charge in [0.05, 0.1) is 0 Å². The molecule has 0 aliphatic heterocycles. The van der Waals surface area contributed by atoms with Gasteiger partial charge in [-0.05, 0) is 25.8 Å². The van der Waals surface area contributed by atoms with E-state index in [-0.39, 0.29) is 0 Å². The Bertz CT molecular complexity index is 355. The van der Waals surface area contributed by atoms with Crippen molar-refractivity contribution in [2.75, 3.05) is 0 Å². The van der Waals surface area contributed by atoms with Crippen molar-refractivity contribution >= 4 is 5.78 Å². The highest BCUT2D eigenvalue weighted by atomic mass is 16.1. The summed E-state index contributed by atoms with van der Waals surface area (Å²) in [6.45, 7) is 3.50. The summed E-state index contributed by atoms with van der Waals surface area (Å²) >= 11 is 0. The zero-order valence-corrected chi connectivity index (χ0v) is 7.59. The molecule has 2 N–H and O–H groups in total. The minimum atomic E-state index is -0.748. The number of rotatable bonds is 1. The average Bonchev–Trinajstić information content (AvgIpc) is 2.10. The molecule has 0 saturated heterocycles. The van der Waals surface area contributed by atoms with Gasteiger partial charge in [-0.2, -0.15) is 5.26 Å². The maximum atomic E-state index is 10.5. The van der Waals surface area contributed by atoms with Crippen molar-refractivity contribution < 1.29 is 4.79 Å². The first-order valence-corrected chi connectivity index (χ1v) is 3.66. The Kier molecular flexibility index (Phi) is 4.76. The van der Waals surface area contributed by atoms with Gasteiger partial charge in [0.25, 0.3) is 0 Å². The van der Waals surface area contributed by atoms with E-state index in [2.05, 4.69) is 11.8 Å². The molecule has 0 atom stereocenters. The summed E-state index contributed by atoms with van der Waals surface area (Å²) in [5.74, 6) is 3.96. The van der Waals surface area contributed by atoms with Gasteiger partial charge >= 0.3 is 5.78 Å². The lowest BCUT2D eigenvalue weighted by atomic mass is 10.2. The Morgan fingerprint density at radius 2 is 2.08 bits per heavy atom. The van der Waals surface area contributed by atoms with Crippen LogP contribution < -0.4 is 5.73 Å². The number of allylic oxidation sites excluding steroid dienone is 4. The molecule has 0 aromatic heterocycles. The summed E-state index contributed by atoms with van der Waals surface area (Å²) in [7, 11) is 0. The van der Waals surface area contributed by atoms with Gasteiger partial charge in [-0.1, -0.05) is 12.0 Å². The van der Waals surface area contributed by atoms with E-state index in [9.17, 15) is 4.79 Å². The van der Waals surface area contributed by atoms with Crippen molar-refractivity contribution in [1.29, 1.82) is 5.26 Å². The highest BCUT2D eigenvalue weighted by Crippen LogP contribution is 1.96. The van der Waals surface area contributed by atoms with Gasteiger partial charge in [-0.3, -0.25) is 4.79 Å². The lowest BCUT2D eigenvalue weighted by Crippen LogP contribution is -1.91. The normalized spacial score (nSPS) is 11.2. The van der Waals surface area contributed by atoms with Crippen molar-refractivity contribution in [2.45, 2.75) is 13.8 Å². The molecule has 0 bridgehead atoms. The zero-order chi connectivity index (χ0) is 10.3. The molecular weight excluding hydrogens is 164 g/mol. The third-order valence-electron chi connectivity index (χ3n) is 1.12. The summed E-state index contributed by atoms with van der Waals surface area (Å²) in [5, 5.41) is 8.14. The van der Waals surface area contributed by atoms with E-state index in [4.69, 9.17) is 11.0 Å². The molecule has 13 heavy (non-hydrogen) atoms. The van der Waals surface area contributed by atoms with Crippen LogP contribution in [0.1, 0.15) is 13.8 Å². The zero-order valence-electron chi connectivity index (χ0n) is 7.59. The van der Waals surface area contributed by atoms with E-state index in [1.165, 1.54) is 6.07 Å². The van der Waals surface area contributed by atoms with Crippen LogP contribution >= 0.6 is 0 Å². The standard InChI is InChI=1S/C10H10N2O/c1-3-9(6-8(2)12)4-5-10(13)7-11/h3,6H,12H2,1-2H3/b8-6-,9-3-. The van der Waals surface area contributed by atoms with Crippen LogP contribution in [0.2, 0.25) is 0 Å². The van der Waals surface area contributed by atoms with Crippen molar-refractivity contribution in [3.63, 3.8) is 0 Å². The summed E-state index contributed by atoms with van der Waals surface area (Å²) in [6, 6.07) is 1.41. The molecule has 0 amide bonds. The third-order valence-corrected chi connectivity index (χ3v) is 1.12. The molecule has 0 aromatic rings. The molecule has 0 aliphatic carbocycles. The number of hydrogen-bond donors (Lipinski definition) is 1. The quantitative estimate of drug-likeness (QED) is 0.278. The first-order valence-electron chi connectivity index (χ1n) is 3.66. The second-order valence-electron chi connectivity index (χ2n) is 2.32. The number of ketones is 1. The van der Waals surface area contributed by atoms with Crippen LogP contribution in [0.15, 0.2) is 23.4 Å². The fourth-order valence-electron chi connectivity index (χ4n) is 0.594. The van der Waals surface area contributed by atoms with Crippen LogP contribution in [0.25, 0.3) is 0 Å². The van der Waals surface area contributed by atoms with Crippen LogP contribution in [0.4, 0.5) is 0 Å². The molecule has 3 nitrogen and oxygen atoms in total. The number of Topliss-reactive ketones (excluding diaryl/α,β-unsaturated/α-hetero) is 1. The van der Waals surface area contributed by atoms with Gasteiger partial charge in [0.15, 0.2) is 6.07 Å². The van der Waals surface area contributed by atoms with Gasteiger partial charge in [0.1, 0.15) is 0 Å². The van der Waals surface area contributed by atoms with Gasteiger partial charge in [-0.15, -0.1) is 0 Å². The summed E-state index contributed by atoms with van der Waals surface area (Å²) in [5.41, 5.74) is 6.64. The largest absolute Gasteiger partial charge is 0.402 e. The first-order chi connectivity index (χ1) is 6.10. The predicted molar refractivity (Wildman–Crippen MR) is 50.1 cm³/mol. The lowest BCUT2D eigenvalue weighted by molar-refractivity contribution is -0.109. The second-order valence-corrected chi connectivity index (χ2v) is 2.32. The molecule has 0 aromatic carbocycles. The Morgan fingerprint density at radius 1 is 1.46 bits per heavy atom. The molecule has 66 valence electrons. The van der Waals surface area contributed by atoms with Crippen molar-refractivity contribution in [3.8, 4) is 17.9 Å². The lowest BCUT2D eigenvalue weighted by Gasteiger charge is -1.89. The van der Waals surface area contributed by atoms with E-state index in [0.717, 1.165) is 0 Å². The maximum absolute atomic E-state index is 10.5. The fraction of sp³-hybridized carbons (Fsp3) is 0.200. The Morgan fingerprint density at radius 3 is 2.46 bits per heavy atom. The number of carbonyl (C=O) groups is 1. The van der Waals surface area contributed by atoms with Crippen LogP contribution in [-0.4, -0.2) is 5.78 Å². The average molecular weight is 174 g/mol. The number of nitrogens with two attached hydrogens (primary N) is 1. The molecule has 0 radical (unpaired) electrons. The minimum Gasteiger partial charge on any atom is -0.402 e. The molecule has 0 fully saturated rings. The summed E-state index contributed by atoms with van der Waals surface area (Å²) < 4.78 is 0. The van der Waals surface area contributed by atoms with Crippen LogP contribution in [0.5, 0.6) is 0 Å². The van der Waals surface area contributed by atoms with E-state index in [1.54, 1.807) is 26.0 Å². The van der Waals surface area contributed by atoms with E-state index in [0.29, 0.717) is 11.3 Å². The Hall–Kier alpha value is -2.00. The first kappa shape index (κ1) is 11.0. The van der Waals surface area contributed by atoms with Gasteiger partial charge < -0.3 is 5.73 Å². The number of carbonyl (C=O) groups excluding carboxylic acids is 1. The minimum absolute atomic E-state index is 0.604. The highest BCUT2D eigenvalue weighted by molar-refractivity contribution is 6.07. The molecule has 0 unspecified atom stereocenters. The van der Waals surface area contributed by atoms with Crippen molar-refractivity contribution in [3.05, 3.63) is 23.4 Å². The molecule has 0 aliphatic rings. The Balaban J connectivity index is 4.67. The number of nitrogens with zero attached hydrogens (tertiary/aromatic N) is 1. The van der Waals surface area contributed by atoms with E-state index < -0.39 is 5.78 Å². The Labute approximate surface area is 77.5 Å². The maximum Gasteiger partial charge on any atom is 0.305 e. The van der Waals surface area contributed by atoms with Gasteiger partial charge in [0.2, 0.25) is 0 Å². The molecule has 3 heteroatoms. The molecule has 0 spiro atoms. The van der Waals surface area contributed by atoms with Crippen LogP contribution in [-0.2, 0) is 4.79 Å². The summed E-state index contributed by atoms with van der Waals surface area (Å²) in [4.78, 5) is 10.5. The van der Waals surface area contributed by atoms with Crippen LogP contribution in [0, 0.1) is 23.2 Å². The van der Waals surface area contributed by atoms with Gasteiger partial charge in [0, 0.05) is 11.3 Å². The molecule has 0 saturated carbocycles. The smallest absolute Gasteiger partial charge is 0.305 e. The second kappa shape index (κ2) is 5.62. The molecular formula is C10H10N2O. The van der Waals surface area contributed by atoms with Crippen molar-refractivity contribution in [2.24, 2.45) is 5.73 Å². The number of hydrogen-bond acceptors (Lipinski definition) is 3. The monoisotopic (exact) mass is 174 g/mol. The van der Waals surface area contributed by atoms with Crippen LogP contribution in [0.3, 0.4) is 0 Å². The fourth-order valence-corrected chi connectivity index (χ4v) is 0.594. The topological polar surface area (TPSA) is 66.9 Å². The predicted octanol–water partition coefficient (Wildman–Crippen LogP) is 0.891. The SMILES string of the molecule is C/C=C(C#CC(=O)C#N)\C=C(\C)N. The summed E-state index contributed by atoms with van der Waals surface area (Å²) in [6.07, 6.45) is 3.35. The van der Waals surface area contributed by atoms with E-state index in [1.807, 2.05) is 0 Å². The molecule has 0 rings (SSSR count).